The molecule has 2 unspecified atom stereocenters. The van der Waals surface area contributed by atoms with Gasteiger partial charge in [-0.05, 0) is 54.4 Å². The Labute approximate surface area is 324 Å². The van der Waals surface area contributed by atoms with E-state index in [1.165, 1.54) is 18.2 Å². The second kappa shape index (κ2) is 12.5. The molecule has 6 heterocycles. The van der Waals surface area contributed by atoms with Crippen molar-refractivity contribution in [1.82, 2.24) is 19.9 Å². The highest BCUT2D eigenvalue weighted by Crippen LogP contribution is 2.56. The van der Waals surface area contributed by atoms with Crippen molar-refractivity contribution in [3.63, 3.8) is 0 Å². The Morgan fingerprint density at radius 1 is 0.772 bits per heavy atom. The number of imide groups is 1. The third-order valence-corrected chi connectivity index (χ3v) is 11.6. The lowest BCUT2D eigenvalue weighted by molar-refractivity contribution is -0.123. The summed E-state index contributed by atoms with van der Waals surface area (Å²) in [6.07, 6.45) is 0. The van der Waals surface area contributed by atoms with Gasteiger partial charge in [0.2, 0.25) is 17.6 Å². The van der Waals surface area contributed by atoms with Gasteiger partial charge in [0.15, 0.2) is 5.88 Å². The van der Waals surface area contributed by atoms with E-state index in [0.717, 1.165) is 15.8 Å². The van der Waals surface area contributed by atoms with Gasteiger partial charge in [0.05, 0.1) is 45.4 Å². The van der Waals surface area contributed by atoms with E-state index < -0.39 is 41.0 Å². The third kappa shape index (κ3) is 4.74. The number of aromatic amines is 1. The number of halogens is 1. The van der Waals surface area contributed by atoms with Crippen LogP contribution in [-0.4, -0.2) is 49.0 Å². The Hall–Kier alpha value is -7.05. The molecule has 2 saturated heterocycles. The standard InChI is InChI=1S/C29H23FN4O3.C16H10N2O2/c1-15(2)24-22-23(27(37)33(26(22)36)21-14-8-5-11-18(21)30)29(32-24)17-10-4-7-13-20(17)34-25(35)16-9-3-6-12-19(16)31-28(29)34;19-15-10-6-2-4-8-12(10)17-14(15)13-9-5-1-3-7-11(9)18-16(13)20/h3-15,22-24,32H,1-2H3;1-8,18,20H/t22-,23-,24?,29?;/m1./s1. The smallest absolute Gasteiger partial charge is 0.266 e. The van der Waals surface area contributed by atoms with Crippen LogP contribution in [0.25, 0.3) is 27.5 Å². The van der Waals surface area contributed by atoms with E-state index in [9.17, 15) is 28.7 Å². The van der Waals surface area contributed by atoms with E-state index in [1.807, 2.05) is 80.6 Å². The molecule has 2 fully saturated rings. The van der Waals surface area contributed by atoms with Crippen LogP contribution in [0.1, 0.15) is 41.2 Å². The summed E-state index contributed by atoms with van der Waals surface area (Å²) in [6.45, 7) is 3.97. The van der Waals surface area contributed by atoms with Gasteiger partial charge in [-0.25, -0.2) is 19.3 Å². The quantitative estimate of drug-likeness (QED) is 0.170. The molecule has 11 nitrogen and oxygen atoms in total. The van der Waals surface area contributed by atoms with Crippen LogP contribution in [0.15, 0.2) is 131 Å². The van der Waals surface area contributed by atoms with Crippen LogP contribution in [0.2, 0.25) is 0 Å². The molecule has 57 heavy (non-hydrogen) atoms. The molecule has 4 aliphatic rings. The third-order valence-electron chi connectivity index (χ3n) is 11.6. The lowest BCUT2D eigenvalue weighted by atomic mass is 9.75. The molecule has 1 spiro atoms. The molecule has 12 heteroatoms. The molecule has 3 N–H and O–H groups in total. The number of nitrogens with one attached hydrogen (secondary N) is 2. The Kier molecular flexibility index (Phi) is 7.54. The van der Waals surface area contributed by atoms with Crippen LogP contribution < -0.4 is 15.8 Å². The van der Waals surface area contributed by atoms with E-state index in [4.69, 9.17) is 4.98 Å². The van der Waals surface area contributed by atoms with E-state index >= 15 is 0 Å². The van der Waals surface area contributed by atoms with Gasteiger partial charge < -0.3 is 10.1 Å². The number of anilines is 1. The first kappa shape index (κ1) is 34.4. The zero-order valence-corrected chi connectivity index (χ0v) is 30.6. The van der Waals surface area contributed by atoms with Crippen LogP contribution in [0.4, 0.5) is 15.8 Å². The highest BCUT2D eigenvalue weighted by atomic mass is 19.1. The average Bonchev–Trinajstić information content (AvgIpc) is 3.98. The fourth-order valence-corrected chi connectivity index (χ4v) is 9.19. The fraction of sp³-hybridized carbons (Fsp3) is 0.156. The normalized spacial score (nSPS) is 21.5. The predicted octanol–water partition coefficient (Wildman–Crippen LogP) is 6.71. The summed E-state index contributed by atoms with van der Waals surface area (Å²) in [7, 11) is 0. The maximum Gasteiger partial charge on any atom is 0.266 e. The second-order valence-corrected chi connectivity index (χ2v) is 15.0. The maximum atomic E-state index is 14.9. The van der Waals surface area contributed by atoms with Crippen molar-refractivity contribution in [2.75, 3.05) is 4.90 Å². The van der Waals surface area contributed by atoms with Crippen molar-refractivity contribution >= 4 is 56.5 Å². The van der Waals surface area contributed by atoms with Gasteiger partial charge in [-0.15, -0.1) is 0 Å². The predicted molar refractivity (Wildman–Crippen MR) is 213 cm³/mol. The minimum Gasteiger partial charge on any atom is -0.494 e. The Morgan fingerprint density at radius 2 is 1.44 bits per heavy atom. The molecular weight excluding hydrogens is 724 g/mol. The van der Waals surface area contributed by atoms with Crippen molar-refractivity contribution in [3.8, 4) is 11.6 Å². The van der Waals surface area contributed by atoms with Crippen molar-refractivity contribution in [2.45, 2.75) is 25.4 Å². The van der Waals surface area contributed by atoms with Gasteiger partial charge >= 0.3 is 0 Å². The number of nitrogens with zero attached hydrogens (tertiary/aromatic N) is 4. The average molecular weight is 757 g/mol. The molecule has 0 radical (unpaired) electrons. The number of hydrogen-bond donors (Lipinski definition) is 3. The lowest BCUT2D eigenvalue weighted by Gasteiger charge is -2.32. The number of benzene rings is 5. The molecule has 0 bridgehead atoms. The van der Waals surface area contributed by atoms with Crippen LogP contribution in [0.3, 0.4) is 0 Å². The number of carbonyl (C=O) groups excluding carboxylic acids is 3. The number of rotatable bonds is 3. The zero-order valence-electron chi connectivity index (χ0n) is 30.6. The summed E-state index contributed by atoms with van der Waals surface area (Å²) in [5.41, 5.74) is 3.11. The molecule has 2 amide bonds. The molecule has 2 aromatic heterocycles. The summed E-state index contributed by atoms with van der Waals surface area (Å²) in [5, 5.41) is 15.0. The van der Waals surface area contributed by atoms with Gasteiger partial charge in [0.25, 0.3) is 5.56 Å². The number of carbonyl (C=O) groups is 3. The number of amides is 2. The first-order valence-corrected chi connectivity index (χ1v) is 18.7. The minimum absolute atomic E-state index is 0.0221. The Bertz CT molecular complexity index is 2990. The summed E-state index contributed by atoms with van der Waals surface area (Å²) in [4.78, 5) is 67.6. The van der Waals surface area contributed by atoms with Crippen molar-refractivity contribution < 1.29 is 23.9 Å². The van der Waals surface area contributed by atoms with E-state index in [2.05, 4.69) is 15.3 Å². The van der Waals surface area contributed by atoms with Gasteiger partial charge in [-0.2, -0.15) is 0 Å². The van der Waals surface area contributed by atoms with Crippen LogP contribution in [0.5, 0.6) is 5.88 Å². The van der Waals surface area contributed by atoms with Gasteiger partial charge in [-0.3, -0.25) is 29.1 Å². The molecule has 0 saturated carbocycles. The number of hydrogen-bond acceptors (Lipinski definition) is 8. The number of aromatic hydroxyl groups is 1. The van der Waals surface area contributed by atoms with Crippen molar-refractivity contribution in [2.24, 2.45) is 22.7 Å². The molecule has 11 rings (SSSR count). The molecule has 4 atom stereocenters. The Morgan fingerprint density at radius 3 is 2.21 bits per heavy atom. The summed E-state index contributed by atoms with van der Waals surface area (Å²) in [6, 6.07) is 34.6. The Balaban J connectivity index is 0.000000166. The summed E-state index contributed by atoms with van der Waals surface area (Å²) < 4.78 is 16.4. The largest absolute Gasteiger partial charge is 0.494 e. The minimum atomic E-state index is -1.23. The van der Waals surface area contributed by atoms with Crippen molar-refractivity contribution in [3.05, 3.63) is 160 Å². The molecule has 7 aromatic rings. The monoisotopic (exact) mass is 756 g/mol. The topological polar surface area (TPSA) is 150 Å². The number of ketones is 1. The van der Waals surface area contributed by atoms with Crippen molar-refractivity contribution in [1.29, 1.82) is 0 Å². The van der Waals surface area contributed by atoms with E-state index in [0.29, 0.717) is 50.5 Å². The number of aliphatic imine (C=N–C) groups is 1. The SMILES string of the molecule is CC(C)C1NC2(c3ccccc3-n3c2nc2ccccc2c3=O)[C@H]2C(=O)N(c3ccccc3F)C(=O)[C@@H]12.O=C1C(c2c(O)[nH]c3ccccc23)=Nc2ccccc21. The molecule has 5 aromatic carbocycles. The molecular formula is C45H33FN6O5. The van der Waals surface area contributed by atoms with Gasteiger partial charge in [0.1, 0.15) is 22.9 Å². The molecule has 4 aliphatic heterocycles. The van der Waals surface area contributed by atoms with Crippen LogP contribution >= 0.6 is 0 Å². The summed E-state index contributed by atoms with van der Waals surface area (Å²) >= 11 is 0. The second-order valence-electron chi connectivity index (χ2n) is 15.0. The number of Topliss-reactive ketones (excluding diaryl/α,β-unsaturated/α-hetero) is 1. The van der Waals surface area contributed by atoms with E-state index in [-0.39, 0.29) is 28.8 Å². The number of para-hydroxylation sites is 5. The van der Waals surface area contributed by atoms with Crippen LogP contribution in [-0.2, 0) is 15.1 Å². The van der Waals surface area contributed by atoms with E-state index in [1.54, 1.807) is 41.0 Å². The fourth-order valence-electron chi connectivity index (χ4n) is 9.19. The van der Waals surface area contributed by atoms with Gasteiger partial charge in [-0.1, -0.05) is 86.6 Å². The molecule has 0 aliphatic carbocycles. The first-order valence-electron chi connectivity index (χ1n) is 18.7. The number of H-pyrrole nitrogens is 1. The number of fused-ring (bicyclic) bond motifs is 10. The maximum absolute atomic E-state index is 14.9. The number of aromatic nitrogens is 3. The zero-order chi connectivity index (χ0) is 39.3. The highest BCUT2D eigenvalue weighted by Gasteiger charge is 2.70. The lowest BCUT2D eigenvalue weighted by Crippen LogP contribution is -2.51. The summed E-state index contributed by atoms with van der Waals surface area (Å²) in [5.74, 6) is -3.06. The van der Waals surface area contributed by atoms with Crippen LogP contribution in [0, 0.1) is 23.6 Å². The first-order chi connectivity index (χ1) is 27.6. The van der Waals surface area contributed by atoms with Gasteiger partial charge in [0, 0.05) is 28.1 Å². The molecule has 280 valence electrons. The highest BCUT2D eigenvalue weighted by molar-refractivity contribution is 6.56.